The number of amides is 1. The summed E-state index contributed by atoms with van der Waals surface area (Å²) in [6, 6.07) is 13.4. The van der Waals surface area contributed by atoms with Crippen LogP contribution in [0.4, 0.5) is 0 Å². The van der Waals surface area contributed by atoms with E-state index in [1.54, 1.807) is 29.2 Å². The van der Waals surface area contributed by atoms with E-state index in [1.807, 2.05) is 26.1 Å². The van der Waals surface area contributed by atoms with Gasteiger partial charge in [-0.2, -0.15) is 0 Å². The number of ether oxygens (including phenoxy) is 1. The van der Waals surface area contributed by atoms with Crippen molar-refractivity contribution in [3.05, 3.63) is 59.8 Å². The molecule has 0 unspecified atom stereocenters. The first-order valence-corrected chi connectivity index (χ1v) is 11.2. The summed E-state index contributed by atoms with van der Waals surface area (Å²) >= 11 is 0. The number of hydrogen-bond acceptors (Lipinski definition) is 5. The Kier molecular flexibility index (Phi) is 5.29. The number of fused-ring (bicyclic) bond motifs is 1. The predicted molar refractivity (Wildman–Crippen MR) is 116 cm³/mol. The molecule has 8 heteroatoms. The zero-order valence-corrected chi connectivity index (χ0v) is 18.1. The molecule has 30 heavy (non-hydrogen) atoms. The third kappa shape index (κ3) is 3.57. The number of carbonyl (C=O) groups excluding carboxylic acids is 1. The summed E-state index contributed by atoms with van der Waals surface area (Å²) in [6.07, 6.45) is 0. The van der Waals surface area contributed by atoms with Crippen LogP contribution in [0.15, 0.2) is 53.4 Å². The third-order valence-electron chi connectivity index (χ3n) is 5.52. The van der Waals surface area contributed by atoms with Crippen molar-refractivity contribution in [2.24, 2.45) is 0 Å². The van der Waals surface area contributed by atoms with Gasteiger partial charge in [0.1, 0.15) is 11.4 Å². The normalized spacial score (nSPS) is 15.5. The smallest absolute Gasteiger partial charge is 0.271 e. The van der Waals surface area contributed by atoms with Gasteiger partial charge in [0.05, 0.1) is 17.5 Å². The van der Waals surface area contributed by atoms with Gasteiger partial charge in [-0.05, 0) is 56.4 Å². The van der Waals surface area contributed by atoms with Gasteiger partial charge in [-0.25, -0.2) is 12.4 Å². The molecule has 0 aliphatic carbocycles. The summed E-state index contributed by atoms with van der Waals surface area (Å²) in [7, 11) is -0.446. The number of nitrogens with zero attached hydrogens (tertiary/aromatic N) is 3. The second kappa shape index (κ2) is 7.77. The fourth-order valence-electron chi connectivity index (χ4n) is 3.74. The number of methoxy groups -OCH3 is 1. The molecule has 0 spiro atoms. The number of benzene rings is 2. The highest BCUT2D eigenvalue weighted by molar-refractivity contribution is 7.90. The minimum Gasteiger partial charge on any atom is -0.497 e. The van der Waals surface area contributed by atoms with Crippen LogP contribution in [0.3, 0.4) is 0 Å². The molecule has 0 radical (unpaired) electrons. The molecule has 2 aromatic carbocycles. The number of piperazine rings is 1. The topological polar surface area (TPSA) is 71.8 Å². The number of carbonyl (C=O) groups is 1. The van der Waals surface area contributed by atoms with E-state index in [1.165, 1.54) is 23.2 Å². The van der Waals surface area contributed by atoms with Gasteiger partial charge >= 0.3 is 0 Å². The van der Waals surface area contributed by atoms with E-state index in [-0.39, 0.29) is 16.5 Å². The van der Waals surface area contributed by atoms with Gasteiger partial charge in [0.25, 0.3) is 15.9 Å². The lowest BCUT2D eigenvalue weighted by atomic mass is 10.2. The molecule has 158 valence electrons. The fourth-order valence-corrected chi connectivity index (χ4v) is 5.25. The molecular formula is C22H25N3O4S. The maximum Gasteiger partial charge on any atom is 0.271 e. The number of aryl methyl sites for hydroxylation is 1. The molecular weight excluding hydrogens is 402 g/mol. The van der Waals surface area contributed by atoms with Gasteiger partial charge in [-0.3, -0.25) is 4.79 Å². The molecule has 1 aromatic heterocycles. The minimum atomic E-state index is -3.98. The van der Waals surface area contributed by atoms with Crippen LogP contribution in [0, 0.1) is 6.92 Å². The monoisotopic (exact) mass is 427 g/mol. The van der Waals surface area contributed by atoms with Gasteiger partial charge in [0.15, 0.2) is 0 Å². The molecule has 0 bridgehead atoms. The average Bonchev–Trinajstić information content (AvgIpc) is 3.13. The molecule has 0 N–H and O–H groups in total. The molecule has 1 aliphatic heterocycles. The van der Waals surface area contributed by atoms with Crippen molar-refractivity contribution in [2.75, 3.05) is 40.3 Å². The zero-order valence-electron chi connectivity index (χ0n) is 17.3. The number of rotatable bonds is 4. The largest absolute Gasteiger partial charge is 0.497 e. The number of hydrogen-bond donors (Lipinski definition) is 0. The molecule has 4 rings (SSSR count). The average molecular weight is 428 g/mol. The lowest BCUT2D eigenvalue weighted by Gasteiger charge is -2.32. The first kappa shape index (κ1) is 20.4. The van der Waals surface area contributed by atoms with Crippen LogP contribution in [0.5, 0.6) is 5.75 Å². The van der Waals surface area contributed by atoms with E-state index >= 15 is 0 Å². The van der Waals surface area contributed by atoms with E-state index in [9.17, 15) is 13.2 Å². The lowest BCUT2D eigenvalue weighted by Crippen LogP contribution is -2.47. The Morgan fingerprint density at radius 3 is 2.27 bits per heavy atom. The van der Waals surface area contributed by atoms with E-state index < -0.39 is 10.0 Å². The van der Waals surface area contributed by atoms with Gasteiger partial charge in [-0.1, -0.05) is 11.6 Å². The van der Waals surface area contributed by atoms with E-state index in [4.69, 9.17) is 4.74 Å². The summed E-state index contributed by atoms with van der Waals surface area (Å²) in [5, 5.41) is 0.726. The van der Waals surface area contributed by atoms with Crippen molar-refractivity contribution in [3.8, 4) is 5.75 Å². The Morgan fingerprint density at radius 2 is 1.63 bits per heavy atom. The van der Waals surface area contributed by atoms with Crippen molar-refractivity contribution in [2.45, 2.75) is 11.8 Å². The molecule has 3 aromatic rings. The van der Waals surface area contributed by atoms with Crippen molar-refractivity contribution in [1.82, 2.24) is 13.8 Å². The van der Waals surface area contributed by atoms with Crippen LogP contribution in [0.1, 0.15) is 16.1 Å². The summed E-state index contributed by atoms with van der Waals surface area (Å²) in [6.45, 7) is 4.60. The molecule has 0 atom stereocenters. The van der Waals surface area contributed by atoms with Gasteiger partial charge < -0.3 is 14.5 Å². The SMILES string of the molecule is COc1ccc(S(=O)(=O)n2c(C(=O)N3CCN(C)CC3)cc3cc(C)ccc32)cc1. The minimum absolute atomic E-state index is 0.105. The molecule has 1 fully saturated rings. The van der Waals surface area contributed by atoms with Crippen molar-refractivity contribution < 1.29 is 17.9 Å². The van der Waals surface area contributed by atoms with Crippen molar-refractivity contribution in [3.63, 3.8) is 0 Å². The van der Waals surface area contributed by atoms with E-state index in [2.05, 4.69) is 4.90 Å². The van der Waals surface area contributed by atoms with Crippen LogP contribution in [0.25, 0.3) is 10.9 Å². The molecule has 2 heterocycles. The molecule has 0 saturated carbocycles. The summed E-state index contributed by atoms with van der Waals surface area (Å²) < 4.78 is 33.5. The fraction of sp³-hybridized carbons (Fsp3) is 0.318. The molecule has 1 amide bonds. The highest BCUT2D eigenvalue weighted by Gasteiger charge is 2.30. The van der Waals surface area contributed by atoms with Crippen molar-refractivity contribution in [1.29, 1.82) is 0 Å². The molecule has 7 nitrogen and oxygen atoms in total. The van der Waals surface area contributed by atoms with Crippen LogP contribution in [-0.4, -0.2) is 68.4 Å². The Hall–Kier alpha value is -2.84. The van der Waals surface area contributed by atoms with E-state index in [0.29, 0.717) is 24.4 Å². The van der Waals surface area contributed by atoms with Gasteiger partial charge in [-0.15, -0.1) is 0 Å². The van der Waals surface area contributed by atoms with Crippen LogP contribution < -0.4 is 4.74 Å². The number of likely N-dealkylation sites (N-methyl/N-ethyl adjacent to an activating group) is 1. The quantitative estimate of drug-likeness (QED) is 0.640. The second-order valence-corrected chi connectivity index (χ2v) is 9.42. The molecule has 1 aliphatic rings. The van der Waals surface area contributed by atoms with Crippen molar-refractivity contribution >= 4 is 26.8 Å². The maximum atomic E-state index is 13.6. The predicted octanol–water partition coefficient (Wildman–Crippen LogP) is 2.58. The maximum absolute atomic E-state index is 13.6. The molecule has 1 saturated heterocycles. The van der Waals surface area contributed by atoms with E-state index in [0.717, 1.165) is 24.0 Å². The van der Waals surface area contributed by atoms with Crippen LogP contribution in [-0.2, 0) is 10.0 Å². The van der Waals surface area contributed by atoms with Crippen LogP contribution >= 0.6 is 0 Å². The zero-order chi connectivity index (χ0) is 21.5. The second-order valence-electron chi connectivity index (χ2n) is 7.63. The lowest BCUT2D eigenvalue weighted by molar-refractivity contribution is 0.0657. The Bertz CT molecular complexity index is 1190. The summed E-state index contributed by atoms with van der Waals surface area (Å²) in [4.78, 5) is 17.3. The Labute approximate surface area is 176 Å². The van der Waals surface area contributed by atoms with Gasteiger partial charge in [0, 0.05) is 31.6 Å². The highest BCUT2D eigenvalue weighted by atomic mass is 32.2. The first-order valence-electron chi connectivity index (χ1n) is 9.81. The first-order chi connectivity index (χ1) is 14.3. The summed E-state index contributed by atoms with van der Waals surface area (Å²) in [5.41, 5.74) is 1.66. The Morgan fingerprint density at radius 1 is 0.967 bits per heavy atom. The Balaban J connectivity index is 1.86. The highest BCUT2D eigenvalue weighted by Crippen LogP contribution is 2.28. The van der Waals surface area contributed by atoms with Gasteiger partial charge in [0.2, 0.25) is 0 Å². The third-order valence-corrected chi connectivity index (χ3v) is 7.26. The summed E-state index contributed by atoms with van der Waals surface area (Å²) in [5.74, 6) is 0.296. The van der Waals surface area contributed by atoms with Crippen LogP contribution in [0.2, 0.25) is 0 Å². The standard InChI is InChI=1S/C22H25N3O4S/c1-16-4-9-20-17(14-16)15-21(22(26)24-12-10-23(2)11-13-24)25(20)30(27,28)19-7-5-18(29-3)6-8-19/h4-9,14-15H,10-13H2,1-3H3. The number of aromatic nitrogens is 1.